The molecule has 1 aromatic heterocycles. The van der Waals surface area contributed by atoms with E-state index in [1.165, 1.54) is 0 Å². The average molecular weight is 283 g/mol. The molecule has 2 rings (SSSR count). The highest BCUT2D eigenvalue weighted by Crippen LogP contribution is 2.22. The third kappa shape index (κ3) is 3.56. The molecule has 0 fully saturated rings. The van der Waals surface area contributed by atoms with Crippen molar-refractivity contribution in [1.29, 1.82) is 5.26 Å². The summed E-state index contributed by atoms with van der Waals surface area (Å²) in [6.07, 6.45) is 1.18. The SMILES string of the molecule is COCCN(CCC#N)c1nc2ccccc2cc1C=O. The summed E-state index contributed by atoms with van der Waals surface area (Å²) in [5.41, 5.74) is 1.36. The number of hydrogen-bond donors (Lipinski definition) is 0. The lowest BCUT2D eigenvalue weighted by Gasteiger charge is -2.24. The van der Waals surface area contributed by atoms with E-state index in [1.54, 1.807) is 7.11 Å². The number of pyridine rings is 1. The number of ether oxygens (including phenoxy) is 1. The summed E-state index contributed by atoms with van der Waals surface area (Å²) in [6, 6.07) is 11.6. The van der Waals surface area contributed by atoms with Crippen LogP contribution in [0, 0.1) is 11.3 Å². The Morgan fingerprint density at radius 3 is 2.90 bits per heavy atom. The lowest BCUT2D eigenvalue weighted by Crippen LogP contribution is -2.30. The maximum absolute atomic E-state index is 11.4. The van der Waals surface area contributed by atoms with Crippen LogP contribution in [0.3, 0.4) is 0 Å². The van der Waals surface area contributed by atoms with Crippen LogP contribution in [0.5, 0.6) is 0 Å². The minimum absolute atomic E-state index is 0.372. The van der Waals surface area contributed by atoms with Gasteiger partial charge in [-0.3, -0.25) is 4.79 Å². The number of aromatic nitrogens is 1. The number of aldehydes is 1. The first kappa shape index (κ1) is 14.9. The van der Waals surface area contributed by atoms with Gasteiger partial charge in [0.1, 0.15) is 5.82 Å². The number of para-hydroxylation sites is 1. The van der Waals surface area contributed by atoms with E-state index in [4.69, 9.17) is 10.00 Å². The molecule has 0 saturated heterocycles. The van der Waals surface area contributed by atoms with Crippen molar-refractivity contribution in [3.05, 3.63) is 35.9 Å². The van der Waals surface area contributed by atoms with Gasteiger partial charge in [0, 0.05) is 25.6 Å². The van der Waals surface area contributed by atoms with Gasteiger partial charge in [-0.1, -0.05) is 18.2 Å². The second kappa shape index (κ2) is 7.36. The molecule has 0 unspecified atom stereocenters. The van der Waals surface area contributed by atoms with Gasteiger partial charge in [0.2, 0.25) is 0 Å². The van der Waals surface area contributed by atoms with Crippen LogP contribution in [0.4, 0.5) is 5.82 Å². The van der Waals surface area contributed by atoms with E-state index in [1.807, 2.05) is 35.2 Å². The number of carbonyl (C=O) groups is 1. The lowest BCUT2D eigenvalue weighted by atomic mass is 10.1. The Kier molecular flexibility index (Phi) is 5.24. The van der Waals surface area contributed by atoms with Gasteiger partial charge in [-0.15, -0.1) is 0 Å². The normalized spacial score (nSPS) is 10.3. The lowest BCUT2D eigenvalue weighted by molar-refractivity contribution is 0.112. The molecule has 1 aromatic carbocycles. The molecule has 0 N–H and O–H groups in total. The van der Waals surface area contributed by atoms with Gasteiger partial charge in [0.05, 0.1) is 30.2 Å². The summed E-state index contributed by atoms with van der Waals surface area (Å²) in [6.45, 7) is 1.62. The average Bonchev–Trinajstić information content (AvgIpc) is 2.54. The number of nitriles is 1. The van der Waals surface area contributed by atoms with Gasteiger partial charge < -0.3 is 9.64 Å². The quantitative estimate of drug-likeness (QED) is 0.730. The van der Waals surface area contributed by atoms with Crippen LogP contribution in [0.15, 0.2) is 30.3 Å². The van der Waals surface area contributed by atoms with E-state index in [0.717, 1.165) is 17.2 Å². The van der Waals surface area contributed by atoms with E-state index in [9.17, 15) is 4.79 Å². The van der Waals surface area contributed by atoms with Crippen molar-refractivity contribution in [2.24, 2.45) is 0 Å². The predicted octanol–water partition coefficient (Wildman–Crippen LogP) is 2.41. The van der Waals surface area contributed by atoms with Crippen LogP contribution in [0.25, 0.3) is 10.9 Å². The summed E-state index contributed by atoms with van der Waals surface area (Å²) < 4.78 is 5.09. The van der Waals surface area contributed by atoms with Crippen molar-refractivity contribution < 1.29 is 9.53 Å². The monoisotopic (exact) mass is 283 g/mol. The third-order valence-electron chi connectivity index (χ3n) is 3.22. The summed E-state index contributed by atoms with van der Waals surface area (Å²) in [5, 5.41) is 9.71. The maximum atomic E-state index is 11.4. The Labute approximate surface area is 123 Å². The Hall–Kier alpha value is -2.45. The zero-order valence-electron chi connectivity index (χ0n) is 12.0. The first-order valence-electron chi connectivity index (χ1n) is 6.76. The Balaban J connectivity index is 2.43. The van der Waals surface area contributed by atoms with Gasteiger partial charge in [0.15, 0.2) is 6.29 Å². The van der Waals surface area contributed by atoms with Crippen molar-refractivity contribution in [3.8, 4) is 6.07 Å². The minimum Gasteiger partial charge on any atom is -0.383 e. The minimum atomic E-state index is 0.372. The molecular formula is C16H17N3O2. The van der Waals surface area contributed by atoms with Gasteiger partial charge in [-0.05, 0) is 12.1 Å². The zero-order chi connectivity index (χ0) is 15.1. The summed E-state index contributed by atoms with van der Waals surface area (Å²) in [7, 11) is 1.62. The fourth-order valence-electron chi connectivity index (χ4n) is 2.17. The number of fused-ring (bicyclic) bond motifs is 1. The van der Waals surface area contributed by atoms with E-state index in [-0.39, 0.29) is 0 Å². The first-order valence-corrected chi connectivity index (χ1v) is 6.76. The number of rotatable bonds is 7. The van der Waals surface area contributed by atoms with E-state index >= 15 is 0 Å². The molecule has 21 heavy (non-hydrogen) atoms. The van der Waals surface area contributed by atoms with Gasteiger partial charge in [-0.2, -0.15) is 5.26 Å². The van der Waals surface area contributed by atoms with Crippen LogP contribution in [-0.4, -0.2) is 38.1 Å². The zero-order valence-corrected chi connectivity index (χ0v) is 12.0. The van der Waals surface area contributed by atoms with Gasteiger partial charge >= 0.3 is 0 Å². The second-order valence-corrected chi connectivity index (χ2v) is 4.60. The molecular weight excluding hydrogens is 266 g/mol. The van der Waals surface area contributed by atoms with Crippen LogP contribution in [0.1, 0.15) is 16.8 Å². The topological polar surface area (TPSA) is 66.2 Å². The second-order valence-electron chi connectivity index (χ2n) is 4.60. The summed E-state index contributed by atoms with van der Waals surface area (Å²) in [4.78, 5) is 17.9. The molecule has 108 valence electrons. The van der Waals surface area contributed by atoms with E-state index in [2.05, 4.69) is 11.1 Å². The maximum Gasteiger partial charge on any atom is 0.153 e. The number of carbonyl (C=O) groups excluding carboxylic acids is 1. The molecule has 0 saturated carbocycles. The molecule has 0 bridgehead atoms. The number of nitrogens with zero attached hydrogens (tertiary/aromatic N) is 3. The standard InChI is InChI=1S/C16H17N3O2/c1-21-10-9-19(8-4-7-17)16-14(12-20)11-13-5-2-3-6-15(13)18-16/h2-3,5-6,11-12H,4,8-10H2,1H3. The first-order chi connectivity index (χ1) is 10.3. The van der Waals surface area contributed by atoms with Gasteiger partial charge in [-0.25, -0.2) is 4.98 Å². The molecule has 0 atom stereocenters. The third-order valence-corrected chi connectivity index (χ3v) is 3.22. The molecule has 0 spiro atoms. The van der Waals surface area contributed by atoms with Crippen molar-refractivity contribution in [2.75, 3.05) is 31.7 Å². The predicted molar refractivity (Wildman–Crippen MR) is 81.4 cm³/mol. The summed E-state index contributed by atoms with van der Waals surface area (Å²) >= 11 is 0. The number of anilines is 1. The highest BCUT2D eigenvalue weighted by molar-refractivity contribution is 5.91. The van der Waals surface area contributed by atoms with Crippen molar-refractivity contribution in [3.63, 3.8) is 0 Å². The molecule has 0 aliphatic carbocycles. The fraction of sp³-hybridized carbons (Fsp3) is 0.312. The highest BCUT2D eigenvalue weighted by Gasteiger charge is 2.14. The molecule has 0 amide bonds. The molecule has 5 heteroatoms. The Bertz CT molecular complexity index is 664. The Morgan fingerprint density at radius 1 is 1.38 bits per heavy atom. The summed E-state index contributed by atoms with van der Waals surface area (Å²) in [5.74, 6) is 0.607. The van der Waals surface area contributed by atoms with Crippen molar-refractivity contribution in [1.82, 2.24) is 4.98 Å². The number of methoxy groups -OCH3 is 1. The van der Waals surface area contributed by atoms with Crippen molar-refractivity contribution >= 4 is 23.0 Å². The number of hydrogen-bond acceptors (Lipinski definition) is 5. The molecule has 0 aliphatic rings. The molecule has 2 aromatic rings. The van der Waals surface area contributed by atoms with E-state index < -0.39 is 0 Å². The van der Waals surface area contributed by atoms with Crippen LogP contribution >= 0.6 is 0 Å². The van der Waals surface area contributed by atoms with E-state index in [0.29, 0.717) is 37.5 Å². The Morgan fingerprint density at radius 2 is 2.19 bits per heavy atom. The molecule has 5 nitrogen and oxygen atoms in total. The van der Waals surface area contributed by atoms with Gasteiger partial charge in [0.25, 0.3) is 0 Å². The van der Waals surface area contributed by atoms with Crippen LogP contribution in [0.2, 0.25) is 0 Å². The molecule has 0 aliphatic heterocycles. The molecule has 0 radical (unpaired) electrons. The highest BCUT2D eigenvalue weighted by atomic mass is 16.5. The van der Waals surface area contributed by atoms with Crippen molar-refractivity contribution in [2.45, 2.75) is 6.42 Å². The molecule has 1 heterocycles. The van der Waals surface area contributed by atoms with Crippen LogP contribution in [-0.2, 0) is 4.74 Å². The van der Waals surface area contributed by atoms with Crippen LogP contribution < -0.4 is 4.90 Å². The largest absolute Gasteiger partial charge is 0.383 e. The number of benzene rings is 1. The fourth-order valence-corrected chi connectivity index (χ4v) is 2.17. The smallest absolute Gasteiger partial charge is 0.153 e.